The zero-order valence-electron chi connectivity index (χ0n) is 24.2. The molecule has 3 aromatic rings. The van der Waals surface area contributed by atoms with Gasteiger partial charge in [-0.25, -0.2) is 8.42 Å². The van der Waals surface area contributed by atoms with Crippen LogP contribution in [0.15, 0.2) is 78.9 Å². The van der Waals surface area contributed by atoms with Gasteiger partial charge in [0.25, 0.3) is 0 Å². The topological polar surface area (TPSA) is 86.8 Å². The molecule has 3 rings (SSSR count). The van der Waals surface area contributed by atoms with Gasteiger partial charge in [-0.15, -0.1) is 0 Å². The first-order valence-electron chi connectivity index (χ1n) is 13.8. The van der Waals surface area contributed by atoms with Crippen molar-refractivity contribution in [3.63, 3.8) is 0 Å². The first kappa shape index (κ1) is 32.2. The van der Waals surface area contributed by atoms with Crippen molar-refractivity contribution in [3.05, 3.63) is 101 Å². The standard InChI is InChI=1S/C32H40ClN3O4S/c1-24(2)22-34-32(38)30(21-26-12-6-5-7-13-26)35(23-27-14-9-8-11-25(27)3)31(37)15-10-20-36(41(4,39)40)29-18-16-28(33)17-19-29/h5-9,11-14,16-19,24,30H,10,15,20-23H2,1-4H3,(H,34,38)/t30-/m0/s1. The van der Waals surface area contributed by atoms with Crippen LogP contribution in [0.3, 0.4) is 0 Å². The van der Waals surface area contributed by atoms with Crippen LogP contribution < -0.4 is 9.62 Å². The van der Waals surface area contributed by atoms with Gasteiger partial charge in [-0.1, -0.05) is 80.0 Å². The van der Waals surface area contributed by atoms with Crippen molar-refractivity contribution in [1.82, 2.24) is 10.2 Å². The van der Waals surface area contributed by atoms with Gasteiger partial charge < -0.3 is 10.2 Å². The third kappa shape index (κ3) is 9.90. The molecule has 7 nitrogen and oxygen atoms in total. The summed E-state index contributed by atoms with van der Waals surface area (Å²) in [6.07, 6.45) is 1.87. The van der Waals surface area contributed by atoms with E-state index in [0.717, 1.165) is 22.9 Å². The second-order valence-electron chi connectivity index (χ2n) is 10.7. The second-order valence-corrected chi connectivity index (χ2v) is 13.1. The molecule has 3 aromatic carbocycles. The van der Waals surface area contributed by atoms with E-state index in [1.54, 1.807) is 29.2 Å². The number of carbonyl (C=O) groups excluding carboxylic acids is 2. The Morgan fingerprint density at radius 3 is 2.17 bits per heavy atom. The molecule has 0 aliphatic heterocycles. The molecule has 0 radical (unpaired) electrons. The molecule has 0 aliphatic carbocycles. The van der Waals surface area contributed by atoms with E-state index in [9.17, 15) is 18.0 Å². The fourth-order valence-corrected chi connectivity index (χ4v) is 5.65. The monoisotopic (exact) mass is 597 g/mol. The Morgan fingerprint density at radius 2 is 1.56 bits per heavy atom. The van der Waals surface area contributed by atoms with Crippen LogP contribution in [0.4, 0.5) is 5.69 Å². The van der Waals surface area contributed by atoms with Gasteiger partial charge in [0.1, 0.15) is 6.04 Å². The minimum absolute atomic E-state index is 0.0776. The van der Waals surface area contributed by atoms with Crippen molar-refractivity contribution in [2.24, 2.45) is 5.92 Å². The van der Waals surface area contributed by atoms with Crippen LogP contribution in [-0.2, 0) is 32.6 Å². The summed E-state index contributed by atoms with van der Waals surface area (Å²) in [6.45, 7) is 6.92. The highest BCUT2D eigenvalue weighted by molar-refractivity contribution is 7.92. The fourth-order valence-electron chi connectivity index (χ4n) is 4.56. The summed E-state index contributed by atoms with van der Waals surface area (Å²) in [5.41, 5.74) is 3.41. The summed E-state index contributed by atoms with van der Waals surface area (Å²) >= 11 is 5.99. The van der Waals surface area contributed by atoms with Crippen molar-refractivity contribution >= 4 is 39.1 Å². The summed E-state index contributed by atoms with van der Waals surface area (Å²) < 4.78 is 26.4. The largest absolute Gasteiger partial charge is 0.354 e. The molecule has 1 atom stereocenters. The SMILES string of the molecule is Cc1ccccc1CN(C(=O)CCCN(c1ccc(Cl)cc1)S(C)(=O)=O)[C@@H](Cc1ccccc1)C(=O)NCC(C)C. The Hall–Kier alpha value is -3.36. The lowest BCUT2D eigenvalue weighted by Crippen LogP contribution is -2.51. The normalized spacial score (nSPS) is 12.1. The number of aryl methyl sites for hydroxylation is 1. The van der Waals surface area contributed by atoms with Gasteiger partial charge in [-0.2, -0.15) is 0 Å². The fraction of sp³-hybridized carbons (Fsp3) is 0.375. The van der Waals surface area contributed by atoms with Gasteiger partial charge in [-0.3, -0.25) is 13.9 Å². The Morgan fingerprint density at radius 1 is 0.927 bits per heavy atom. The highest BCUT2D eigenvalue weighted by Crippen LogP contribution is 2.22. The Balaban J connectivity index is 1.88. The number of benzene rings is 3. The predicted molar refractivity (Wildman–Crippen MR) is 166 cm³/mol. The maximum Gasteiger partial charge on any atom is 0.243 e. The van der Waals surface area contributed by atoms with Crippen LogP contribution in [0.2, 0.25) is 5.02 Å². The van der Waals surface area contributed by atoms with Crippen LogP contribution >= 0.6 is 11.6 Å². The van der Waals surface area contributed by atoms with E-state index in [2.05, 4.69) is 5.32 Å². The molecule has 1 N–H and O–H groups in total. The Kier molecular flexibility index (Phi) is 11.8. The molecule has 0 aliphatic rings. The average Bonchev–Trinajstić information content (AvgIpc) is 2.93. The number of nitrogens with zero attached hydrogens (tertiary/aromatic N) is 2. The highest BCUT2D eigenvalue weighted by Gasteiger charge is 2.31. The zero-order chi connectivity index (χ0) is 30.0. The van der Waals surface area contributed by atoms with E-state index in [1.807, 2.05) is 75.4 Å². The van der Waals surface area contributed by atoms with E-state index < -0.39 is 16.1 Å². The van der Waals surface area contributed by atoms with E-state index in [1.165, 1.54) is 4.31 Å². The number of nitrogens with one attached hydrogen (secondary N) is 1. The Bertz CT molecular complexity index is 1400. The van der Waals surface area contributed by atoms with E-state index in [4.69, 9.17) is 11.6 Å². The lowest BCUT2D eigenvalue weighted by atomic mass is 10.0. The number of carbonyl (C=O) groups is 2. The molecule has 9 heteroatoms. The molecular formula is C32H40ClN3O4S. The average molecular weight is 598 g/mol. The molecule has 0 spiro atoms. The summed E-state index contributed by atoms with van der Waals surface area (Å²) in [5, 5.41) is 3.53. The van der Waals surface area contributed by atoms with Gasteiger partial charge in [0.2, 0.25) is 21.8 Å². The van der Waals surface area contributed by atoms with Crippen LogP contribution in [0.1, 0.15) is 43.4 Å². The summed E-state index contributed by atoms with van der Waals surface area (Å²) in [5.74, 6) is -0.159. The number of amides is 2. The number of halogens is 1. The third-order valence-corrected chi connectivity index (χ3v) is 8.27. The van der Waals surface area contributed by atoms with Crippen molar-refractivity contribution < 1.29 is 18.0 Å². The number of sulfonamides is 1. The molecule has 0 unspecified atom stereocenters. The van der Waals surface area contributed by atoms with Crippen LogP contribution in [0, 0.1) is 12.8 Å². The van der Waals surface area contributed by atoms with E-state index in [-0.39, 0.29) is 43.7 Å². The molecule has 0 heterocycles. The number of anilines is 1. The summed E-state index contributed by atoms with van der Waals surface area (Å²) in [7, 11) is -3.59. The predicted octanol–water partition coefficient (Wildman–Crippen LogP) is 5.61. The number of rotatable bonds is 14. The van der Waals surface area contributed by atoms with Crippen molar-refractivity contribution in [2.45, 2.75) is 52.6 Å². The maximum absolute atomic E-state index is 13.9. The van der Waals surface area contributed by atoms with E-state index in [0.29, 0.717) is 23.7 Å². The van der Waals surface area contributed by atoms with Crippen molar-refractivity contribution in [1.29, 1.82) is 0 Å². The summed E-state index contributed by atoms with van der Waals surface area (Å²) in [6, 6.07) is 23.3. The van der Waals surface area contributed by atoms with Crippen molar-refractivity contribution in [2.75, 3.05) is 23.7 Å². The Labute approximate surface area is 249 Å². The van der Waals surface area contributed by atoms with Crippen LogP contribution in [0.25, 0.3) is 0 Å². The molecule has 0 saturated carbocycles. The molecule has 0 bridgehead atoms. The van der Waals surface area contributed by atoms with Gasteiger partial charge >= 0.3 is 0 Å². The minimum atomic E-state index is -3.59. The molecule has 0 aromatic heterocycles. The lowest BCUT2D eigenvalue weighted by molar-refractivity contribution is -0.141. The first-order chi connectivity index (χ1) is 19.5. The van der Waals surface area contributed by atoms with Gasteiger partial charge in [0, 0.05) is 37.5 Å². The third-order valence-electron chi connectivity index (χ3n) is 6.82. The molecular weight excluding hydrogens is 558 g/mol. The molecule has 0 fully saturated rings. The second kappa shape index (κ2) is 15.0. The molecule has 41 heavy (non-hydrogen) atoms. The quantitative estimate of drug-likeness (QED) is 0.262. The summed E-state index contributed by atoms with van der Waals surface area (Å²) in [4.78, 5) is 29.2. The molecule has 220 valence electrons. The molecule has 2 amide bonds. The van der Waals surface area contributed by atoms with E-state index >= 15 is 0 Å². The number of hydrogen-bond acceptors (Lipinski definition) is 4. The van der Waals surface area contributed by atoms with Gasteiger partial charge in [0.05, 0.1) is 11.9 Å². The molecule has 0 saturated heterocycles. The smallest absolute Gasteiger partial charge is 0.243 e. The van der Waals surface area contributed by atoms with Crippen LogP contribution in [-0.4, -0.2) is 50.5 Å². The minimum Gasteiger partial charge on any atom is -0.354 e. The van der Waals surface area contributed by atoms with Gasteiger partial charge in [0.15, 0.2) is 0 Å². The maximum atomic E-state index is 13.9. The zero-order valence-corrected chi connectivity index (χ0v) is 25.8. The van der Waals surface area contributed by atoms with Crippen molar-refractivity contribution in [3.8, 4) is 0 Å². The number of hydrogen-bond donors (Lipinski definition) is 1. The van der Waals surface area contributed by atoms with Gasteiger partial charge in [-0.05, 0) is 60.2 Å². The first-order valence-corrected chi connectivity index (χ1v) is 16.1. The lowest BCUT2D eigenvalue weighted by Gasteiger charge is -2.32. The highest BCUT2D eigenvalue weighted by atomic mass is 35.5. The van der Waals surface area contributed by atoms with Crippen LogP contribution in [0.5, 0.6) is 0 Å².